The largest absolute Gasteiger partial charge is 0.193 e. The van der Waals surface area contributed by atoms with E-state index in [1.807, 2.05) is 12.1 Å². The van der Waals surface area contributed by atoms with E-state index in [0.717, 1.165) is 11.8 Å². The van der Waals surface area contributed by atoms with Crippen molar-refractivity contribution in [3.05, 3.63) is 12.2 Å². The molecule has 0 spiro atoms. The van der Waals surface area contributed by atoms with Gasteiger partial charge in [-0.1, -0.05) is 22.0 Å². The van der Waals surface area contributed by atoms with Gasteiger partial charge < -0.3 is 0 Å². The van der Waals surface area contributed by atoms with Gasteiger partial charge in [-0.2, -0.15) is 5.26 Å². The molecule has 0 N–H and O–H groups in total. The molecule has 0 aliphatic rings. The molecule has 0 aromatic rings. The lowest BCUT2D eigenvalue weighted by molar-refractivity contribution is 0.827. The van der Waals surface area contributed by atoms with Crippen LogP contribution in [0.1, 0.15) is 19.3 Å². The van der Waals surface area contributed by atoms with Crippen molar-refractivity contribution in [2.24, 2.45) is 0 Å². The van der Waals surface area contributed by atoms with Crippen molar-refractivity contribution < 1.29 is 0 Å². The number of allylic oxidation sites excluding steroid dienone is 2. The quantitative estimate of drug-likeness (QED) is 0.378. The summed E-state index contributed by atoms with van der Waals surface area (Å²) in [7, 11) is 0. The summed E-state index contributed by atoms with van der Waals surface area (Å²) in [6.45, 7) is 0. The van der Waals surface area contributed by atoms with Crippen molar-refractivity contribution in [3.63, 3.8) is 0 Å². The second kappa shape index (κ2) is 7.71. The first kappa shape index (κ1) is 8.71. The summed E-state index contributed by atoms with van der Waals surface area (Å²) in [4.78, 5) is 0. The SMILES string of the molecule is N#C/C=C/CCCCBr. The number of nitriles is 1. The summed E-state index contributed by atoms with van der Waals surface area (Å²) in [6, 6.07) is 1.95. The zero-order chi connectivity index (χ0) is 6.95. The summed E-state index contributed by atoms with van der Waals surface area (Å²) in [6.07, 6.45) is 6.83. The van der Waals surface area contributed by atoms with Gasteiger partial charge in [-0.05, 0) is 19.3 Å². The molecule has 0 aromatic heterocycles. The average molecular weight is 188 g/mol. The highest BCUT2D eigenvalue weighted by Crippen LogP contribution is 1.98. The summed E-state index contributed by atoms with van der Waals surface area (Å²) in [5.41, 5.74) is 0. The van der Waals surface area contributed by atoms with Crippen LogP contribution in [-0.2, 0) is 0 Å². The number of nitrogens with zero attached hydrogens (tertiary/aromatic N) is 1. The minimum absolute atomic E-state index is 1.03. The fraction of sp³-hybridized carbons (Fsp3) is 0.571. The second-order valence-electron chi connectivity index (χ2n) is 1.72. The van der Waals surface area contributed by atoms with Gasteiger partial charge in [0.2, 0.25) is 0 Å². The van der Waals surface area contributed by atoms with Crippen LogP contribution in [0.4, 0.5) is 0 Å². The molecular formula is C7H10BrN. The maximum absolute atomic E-state index is 8.08. The van der Waals surface area contributed by atoms with Gasteiger partial charge in [0.15, 0.2) is 0 Å². The van der Waals surface area contributed by atoms with Gasteiger partial charge in [-0.15, -0.1) is 0 Å². The van der Waals surface area contributed by atoms with Crippen LogP contribution in [-0.4, -0.2) is 5.33 Å². The standard InChI is InChI=1S/C7H10BrN/c8-6-4-2-1-3-5-7-9/h3,5H,1-2,4,6H2/b5-3+. The number of hydrogen-bond acceptors (Lipinski definition) is 1. The van der Waals surface area contributed by atoms with E-state index in [1.165, 1.54) is 18.9 Å². The number of rotatable bonds is 4. The summed E-state index contributed by atoms with van der Waals surface area (Å²) < 4.78 is 0. The lowest BCUT2D eigenvalue weighted by atomic mass is 10.2. The lowest BCUT2D eigenvalue weighted by Gasteiger charge is -1.87. The Bertz CT molecular complexity index is 113. The van der Waals surface area contributed by atoms with Crippen molar-refractivity contribution in [2.75, 3.05) is 5.33 Å². The molecule has 0 fully saturated rings. The minimum atomic E-state index is 1.03. The van der Waals surface area contributed by atoms with Crippen LogP contribution in [0.5, 0.6) is 0 Å². The first-order valence-corrected chi connectivity index (χ1v) is 4.14. The van der Waals surface area contributed by atoms with Gasteiger partial charge in [0, 0.05) is 11.4 Å². The summed E-state index contributed by atoms with van der Waals surface area (Å²) in [5.74, 6) is 0. The van der Waals surface area contributed by atoms with Crippen LogP contribution in [0.3, 0.4) is 0 Å². The number of alkyl halides is 1. The van der Waals surface area contributed by atoms with Crippen LogP contribution >= 0.6 is 15.9 Å². The first-order valence-electron chi connectivity index (χ1n) is 3.02. The fourth-order valence-corrected chi connectivity index (χ4v) is 0.889. The Morgan fingerprint density at radius 1 is 1.44 bits per heavy atom. The Labute approximate surface area is 64.5 Å². The van der Waals surface area contributed by atoms with E-state index in [9.17, 15) is 0 Å². The predicted octanol–water partition coefficient (Wildman–Crippen LogP) is 2.63. The van der Waals surface area contributed by atoms with Crippen LogP contribution in [0.25, 0.3) is 0 Å². The van der Waals surface area contributed by atoms with Gasteiger partial charge >= 0.3 is 0 Å². The van der Waals surface area contributed by atoms with Crippen molar-refractivity contribution in [3.8, 4) is 6.07 Å². The number of unbranched alkanes of at least 4 members (excludes halogenated alkanes) is 2. The van der Waals surface area contributed by atoms with E-state index in [-0.39, 0.29) is 0 Å². The van der Waals surface area contributed by atoms with Gasteiger partial charge in [0.05, 0.1) is 6.07 Å². The molecule has 50 valence electrons. The smallest absolute Gasteiger partial charge is 0.0908 e. The summed E-state index contributed by atoms with van der Waals surface area (Å²) in [5, 5.41) is 9.14. The third kappa shape index (κ3) is 7.71. The molecule has 0 atom stereocenters. The maximum Gasteiger partial charge on any atom is 0.0908 e. The third-order valence-electron chi connectivity index (χ3n) is 0.947. The van der Waals surface area contributed by atoms with Crippen molar-refractivity contribution >= 4 is 15.9 Å². The maximum atomic E-state index is 8.08. The third-order valence-corrected chi connectivity index (χ3v) is 1.51. The van der Waals surface area contributed by atoms with E-state index in [4.69, 9.17) is 5.26 Å². The Balaban J connectivity index is 2.93. The Morgan fingerprint density at radius 2 is 2.22 bits per heavy atom. The Hall–Kier alpha value is -0.290. The molecule has 0 aromatic carbocycles. The average Bonchev–Trinajstić information content (AvgIpc) is 1.89. The molecule has 0 aliphatic carbocycles. The number of halogens is 1. The van der Waals surface area contributed by atoms with Crippen LogP contribution < -0.4 is 0 Å². The van der Waals surface area contributed by atoms with Gasteiger partial charge in [0.1, 0.15) is 0 Å². The number of hydrogen-bond donors (Lipinski definition) is 0. The van der Waals surface area contributed by atoms with Crippen molar-refractivity contribution in [1.29, 1.82) is 5.26 Å². The van der Waals surface area contributed by atoms with Gasteiger partial charge in [0.25, 0.3) is 0 Å². The molecule has 1 nitrogen and oxygen atoms in total. The summed E-state index contributed by atoms with van der Waals surface area (Å²) >= 11 is 3.33. The fourth-order valence-electron chi connectivity index (χ4n) is 0.493. The highest BCUT2D eigenvalue weighted by molar-refractivity contribution is 9.09. The minimum Gasteiger partial charge on any atom is -0.193 e. The Kier molecular flexibility index (Phi) is 7.46. The molecule has 0 saturated carbocycles. The monoisotopic (exact) mass is 187 g/mol. The van der Waals surface area contributed by atoms with E-state index in [1.54, 1.807) is 0 Å². The molecule has 0 aliphatic heterocycles. The van der Waals surface area contributed by atoms with E-state index in [0.29, 0.717) is 0 Å². The second-order valence-corrected chi connectivity index (χ2v) is 2.51. The zero-order valence-electron chi connectivity index (χ0n) is 5.31. The molecule has 9 heavy (non-hydrogen) atoms. The molecule has 0 bridgehead atoms. The highest BCUT2D eigenvalue weighted by atomic mass is 79.9. The molecule has 2 heteroatoms. The first-order chi connectivity index (χ1) is 4.41. The van der Waals surface area contributed by atoms with E-state index < -0.39 is 0 Å². The van der Waals surface area contributed by atoms with Crippen molar-refractivity contribution in [1.82, 2.24) is 0 Å². The van der Waals surface area contributed by atoms with Crippen molar-refractivity contribution in [2.45, 2.75) is 19.3 Å². The molecule has 0 rings (SSSR count). The van der Waals surface area contributed by atoms with Crippen LogP contribution in [0.2, 0.25) is 0 Å². The molecule has 0 radical (unpaired) electrons. The van der Waals surface area contributed by atoms with Crippen LogP contribution in [0.15, 0.2) is 12.2 Å². The molecule has 0 unspecified atom stereocenters. The predicted molar refractivity (Wildman–Crippen MR) is 42.4 cm³/mol. The molecular weight excluding hydrogens is 178 g/mol. The zero-order valence-corrected chi connectivity index (χ0v) is 6.89. The van der Waals surface area contributed by atoms with E-state index >= 15 is 0 Å². The van der Waals surface area contributed by atoms with Gasteiger partial charge in [-0.25, -0.2) is 0 Å². The van der Waals surface area contributed by atoms with Gasteiger partial charge in [-0.3, -0.25) is 0 Å². The normalized spacial score (nSPS) is 9.78. The molecule has 0 saturated heterocycles. The van der Waals surface area contributed by atoms with E-state index in [2.05, 4.69) is 15.9 Å². The topological polar surface area (TPSA) is 23.8 Å². The lowest BCUT2D eigenvalue weighted by Crippen LogP contribution is -1.72. The van der Waals surface area contributed by atoms with Crippen LogP contribution in [0, 0.1) is 11.3 Å². The highest BCUT2D eigenvalue weighted by Gasteiger charge is 1.80. The molecule has 0 amide bonds. The molecule has 0 heterocycles. The Morgan fingerprint density at radius 3 is 2.78 bits per heavy atom.